The lowest BCUT2D eigenvalue weighted by Crippen LogP contribution is -2.47. The average Bonchev–Trinajstić information content (AvgIpc) is 2.56. The largest absolute Gasteiger partial charge is 0.460 e. The molecule has 0 spiro atoms. The maximum Gasteiger partial charge on any atom is 0.330 e. The molecular weight excluding hydrogens is 292 g/mol. The lowest BCUT2D eigenvalue weighted by molar-refractivity contribution is -0.151. The van der Waals surface area contributed by atoms with Crippen molar-refractivity contribution in [2.24, 2.45) is 0 Å². The zero-order valence-electron chi connectivity index (χ0n) is 11.8. The molecule has 0 aromatic heterocycles. The number of aliphatic hydroxyl groups is 5. The van der Waals surface area contributed by atoms with Gasteiger partial charge in [-0.05, 0) is 11.6 Å². The Kier molecular flexibility index (Phi) is 7.72. The summed E-state index contributed by atoms with van der Waals surface area (Å²) >= 11 is 0. The van der Waals surface area contributed by atoms with Crippen LogP contribution >= 0.6 is 0 Å². The van der Waals surface area contributed by atoms with E-state index in [9.17, 15) is 20.1 Å². The molecule has 7 nitrogen and oxygen atoms in total. The molecule has 0 amide bonds. The van der Waals surface area contributed by atoms with Crippen molar-refractivity contribution in [1.29, 1.82) is 0 Å². The molecule has 22 heavy (non-hydrogen) atoms. The average molecular weight is 312 g/mol. The molecule has 0 radical (unpaired) electrons. The Bertz CT molecular complexity index is 474. The van der Waals surface area contributed by atoms with Gasteiger partial charge in [0.05, 0.1) is 6.61 Å². The zero-order chi connectivity index (χ0) is 16.5. The summed E-state index contributed by atoms with van der Waals surface area (Å²) in [5.74, 6) is -0.729. The summed E-state index contributed by atoms with van der Waals surface area (Å²) in [4.78, 5) is 11.4. The van der Waals surface area contributed by atoms with Gasteiger partial charge in [-0.1, -0.05) is 30.3 Å². The highest BCUT2D eigenvalue weighted by Gasteiger charge is 2.30. The summed E-state index contributed by atoms with van der Waals surface area (Å²) in [5, 5.41) is 46.3. The first kappa shape index (κ1) is 18.3. The van der Waals surface area contributed by atoms with Gasteiger partial charge in [-0.25, -0.2) is 4.79 Å². The molecule has 0 saturated carbocycles. The number of rotatable bonds is 8. The van der Waals surface area contributed by atoms with Crippen LogP contribution in [0.15, 0.2) is 36.4 Å². The van der Waals surface area contributed by atoms with Gasteiger partial charge in [-0.2, -0.15) is 0 Å². The second-order valence-corrected chi connectivity index (χ2v) is 4.67. The lowest BCUT2D eigenvalue weighted by Gasteiger charge is -2.25. The number of aliphatic hydroxyl groups excluding tert-OH is 5. The molecule has 1 aromatic rings. The normalized spacial score (nSPS) is 17.0. The second-order valence-electron chi connectivity index (χ2n) is 4.67. The van der Waals surface area contributed by atoms with Crippen LogP contribution in [0.4, 0.5) is 0 Å². The van der Waals surface area contributed by atoms with E-state index in [1.165, 1.54) is 6.08 Å². The summed E-state index contributed by atoms with van der Waals surface area (Å²) in [6.45, 7) is -1.33. The van der Waals surface area contributed by atoms with E-state index in [1.807, 2.05) is 6.07 Å². The fourth-order valence-corrected chi connectivity index (χ4v) is 1.61. The molecule has 5 N–H and O–H groups in total. The summed E-state index contributed by atoms with van der Waals surface area (Å²) in [6.07, 6.45) is -4.02. The first-order valence-corrected chi connectivity index (χ1v) is 6.68. The molecule has 0 bridgehead atoms. The maximum absolute atomic E-state index is 11.4. The number of esters is 1. The molecule has 0 saturated heterocycles. The molecule has 0 aliphatic carbocycles. The van der Waals surface area contributed by atoms with Gasteiger partial charge >= 0.3 is 5.97 Å². The third-order valence-corrected chi connectivity index (χ3v) is 2.93. The van der Waals surface area contributed by atoms with Gasteiger partial charge < -0.3 is 30.3 Å². The van der Waals surface area contributed by atoms with E-state index < -0.39 is 43.6 Å². The molecule has 1 aromatic carbocycles. The van der Waals surface area contributed by atoms with Gasteiger partial charge in [0.2, 0.25) is 0 Å². The fraction of sp³-hybridized carbons (Fsp3) is 0.400. The van der Waals surface area contributed by atoms with Crippen LogP contribution in [-0.4, -0.2) is 69.1 Å². The molecular formula is C15H20O7. The Labute approximate surface area is 127 Å². The van der Waals surface area contributed by atoms with Crippen LogP contribution in [0.3, 0.4) is 0 Å². The third-order valence-electron chi connectivity index (χ3n) is 2.93. The quantitative estimate of drug-likeness (QED) is 0.297. The van der Waals surface area contributed by atoms with Crippen molar-refractivity contribution >= 4 is 12.0 Å². The highest BCUT2D eigenvalue weighted by Crippen LogP contribution is 2.06. The van der Waals surface area contributed by atoms with E-state index in [0.29, 0.717) is 0 Å². The fourth-order valence-electron chi connectivity index (χ4n) is 1.61. The van der Waals surface area contributed by atoms with E-state index in [1.54, 1.807) is 24.3 Å². The molecule has 0 heterocycles. The molecule has 0 fully saturated rings. The highest BCUT2D eigenvalue weighted by atomic mass is 16.5. The second kappa shape index (κ2) is 9.29. The molecule has 0 aliphatic heterocycles. The van der Waals surface area contributed by atoms with Gasteiger partial charge in [0, 0.05) is 6.08 Å². The zero-order valence-corrected chi connectivity index (χ0v) is 11.8. The smallest absolute Gasteiger partial charge is 0.330 e. The monoisotopic (exact) mass is 312 g/mol. The van der Waals surface area contributed by atoms with Gasteiger partial charge in [-0.3, -0.25) is 0 Å². The lowest BCUT2D eigenvalue weighted by atomic mass is 10.0. The van der Waals surface area contributed by atoms with Crippen molar-refractivity contribution < 1.29 is 35.1 Å². The van der Waals surface area contributed by atoms with Crippen LogP contribution in [0, 0.1) is 0 Å². The van der Waals surface area contributed by atoms with Gasteiger partial charge in [0.25, 0.3) is 0 Å². The molecule has 0 aliphatic rings. The Morgan fingerprint density at radius 1 is 1.05 bits per heavy atom. The minimum absolute atomic E-state index is 0.561. The summed E-state index contributed by atoms with van der Waals surface area (Å²) < 4.78 is 4.72. The predicted octanol–water partition coefficient (Wildman–Crippen LogP) is -1.32. The van der Waals surface area contributed by atoms with Crippen molar-refractivity contribution in [3.05, 3.63) is 42.0 Å². The van der Waals surface area contributed by atoms with Crippen molar-refractivity contribution in [3.8, 4) is 0 Å². The van der Waals surface area contributed by atoms with E-state index in [-0.39, 0.29) is 0 Å². The number of hydrogen-bond acceptors (Lipinski definition) is 7. The van der Waals surface area contributed by atoms with E-state index >= 15 is 0 Å². The Hall–Kier alpha value is -1.77. The number of carbonyl (C=O) groups excluding carboxylic acids is 1. The Balaban J connectivity index is 2.41. The molecule has 122 valence electrons. The van der Waals surface area contributed by atoms with Crippen molar-refractivity contribution in [2.45, 2.75) is 24.4 Å². The molecule has 7 heteroatoms. The van der Waals surface area contributed by atoms with Crippen LogP contribution in [0.2, 0.25) is 0 Å². The minimum atomic E-state index is -1.76. The summed E-state index contributed by atoms with van der Waals surface area (Å²) in [6, 6.07) is 9.02. The summed E-state index contributed by atoms with van der Waals surface area (Å²) in [5.41, 5.74) is 0.793. The van der Waals surface area contributed by atoms with Crippen molar-refractivity contribution in [2.75, 3.05) is 13.2 Å². The summed E-state index contributed by atoms with van der Waals surface area (Å²) in [7, 11) is 0. The highest BCUT2D eigenvalue weighted by molar-refractivity contribution is 5.87. The van der Waals surface area contributed by atoms with E-state index in [0.717, 1.165) is 11.6 Å². The number of benzene rings is 1. The molecule has 1 rings (SSSR count). The van der Waals surface area contributed by atoms with Crippen LogP contribution in [0.5, 0.6) is 0 Å². The SMILES string of the molecule is O=C(C=Cc1ccccc1)OC[C@H](O)[C@@H](O)[C@H](O)[C@H](O)CO. The van der Waals surface area contributed by atoms with Crippen molar-refractivity contribution in [3.63, 3.8) is 0 Å². The van der Waals surface area contributed by atoms with Crippen LogP contribution in [0.1, 0.15) is 5.56 Å². The predicted molar refractivity (Wildman–Crippen MR) is 77.5 cm³/mol. The molecule has 4 atom stereocenters. The molecule has 0 unspecified atom stereocenters. The van der Waals surface area contributed by atoms with Crippen LogP contribution < -0.4 is 0 Å². The van der Waals surface area contributed by atoms with Crippen LogP contribution in [-0.2, 0) is 9.53 Å². The van der Waals surface area contributed by atoms with E-state index in [2.05, 4.69) is 0 Å². The first-order chi connectivity index (χ1) is 10.5. The maximum atomic E-state index is 11.4. The van der Waals surface area contributed by atoms with Crippen molar-refractivity contribution in [1.82, 2.24) is 0 Å². The number of hydrogen-bond donors (Lipinski definition) is 5. The number of carbonyl (C=O) groups is 1. The standard InChI is InChI=1S/C15H20O7/c16-8-11(17)14(20)15(21)12(18)9-22-13(19)7-6-10-4-2-1-3-5-10/h1-7,11-12,14-18,20-21H,8-9H2/t11-,12+,14-,15-/m1/s1. The van der Waals surface area contributed by atoms with E-state index in [4.69, 9.17) is 14.9 Å². The van der Waals surface area contributed by atoms with Crippen LogP contribution in [0.25, 0.3) is 6.08 Å². The van der Waals surface area contributed by atoms with Gasteiger partial charge in [0.15, 0.2) is 0 Å². The topological polar surface area (TPSA) is 127 Å². The Morgan fingerprint density at radius 2 is 1.64 bits per heavy atom. The third kappa shape index (κ3) is 5.92. The first-order valence-electron chi connectivity index (χ1n) is 6.68. The Morgan fingerprint density at radius 3 is 2.23 bits per heavy atom. The minimum Gasteiger partial charge on any atom is -0.460 e. The van der Waals surface area contributed by atoms with Gasteiger partial charge in [-0.15, -0.1) is 0 Å². The number of ether oxygens (including phenoxy) is 1. The van der Waals surface area contributed by atoms with Gasteiger partial charge in [0.1, 0.15) is 31.0 Å².